The number of hydrogen-bond donors (Lipinski definition) is 1. The third-order valence-corrected chi connectivity index (χ3v) is 4.76. The van der Waals surface area contributed by atoms with Gasteiger partial charge in [-0.3, -0.25) is 4.79 Å². The van der Waals surface area contributed by atoms with Gasteiger partial charge in [-0.05, 0) is 49.7 Å². The monoisotopic (exact) mass is 393 g/mol. The number of halogens is 1. The van der Waals surface area contributed by atoms with Crippen LogP contribution < -0.4 is 14.9 Å². The average molecular weight is 393 g/mol. The molecule has 0 saturated heterocycles. The normalized spacial score (nSPS) is 12.5. The van der Waals surface area contributed by atoms with Crippen LogP contribution in [0, 0.1) is 19.7 Å². The lowest BCUT2D eigenvalue weighted by Crippen LogP contribution is -2.19. The quantitative estimate of drug-likeness (QED) is 0.532. The lowest BCUT2D eigenvalue weighted by molar-refractivity contribution is -0.120. The molecule has 1 N–H and O–H groups in total. The number of carbonyl (C=O) groups is 1. The minimum absolute atomic E-state index is 0.133. The Bertz CT molecular complexity index is 1090. The van der Waals surface area contributed by atoms with Gasteiger partial charge in [0.05, 0.1) is 12.6 Å². The Balaban J connectivity index is 1.46. The van der Waals surface area contributed by atoms with Gasteiger partial charge in [0.25, 0.3) is 0 Å². The van der Waals surface area contributed by atoms with E-state index in [2.05, 4.69) is 15.1 Å². The van der Waals surface area contributed by atoms with E-state index < -0.39 is 0 Å². The molecule has 0 aliphatic carbocycles. The number of nitrogens with zero attached hydrogens (tertiary/aromatic N) is 2. The number of benzene rings is 2. The summed E-state index contributed by atoms with van der Waals surface area (Å²) in [6.07, 6.45) is 1.75. The van der Waals surface area contributed by atoms with Crippen molar-refractivity contribution in [3.05, 3.63) is 76.9 Å². The molecule has 2 aromatic carbocycles. The molecule has 0 bridgehead atoms. The Hall–Kier alpha value is -3.61. The summed E-state index contributed by atoms with van der Waals surface area (Å²) in [5.41, 5.74) is 7.10. The first-order valence-corrected chi connectivity index (χ1v) is 9.16. The highest BCUT2D eigenvalue weighted by Gasteiger charge is 2.16. The van der Waals surface area contributed by atoms with Gasteiger partial charge in [-0.15, -0.1) is 0 Å². The molecule has 0 saturated carbocycles. The van der Waals surface area contributed by atoms with E-state index in [0.717, 1.165) is 39.7 Å². The summed E-state index contributed by atoms with van der Waals surface area (Å²) in [7, 11) is 0. The van der Waals surface area contributed by atoms with Gasteiger partial charge in [-0.1, -0.05) is 12.1 Å². The molecule has 3 aromatic rings. The summed E-state index contributed by atoms with van der Waals surface area (Å²) in [5, 5.41) is 4.07. The molecule has 7 heteroatoms. The first kappa shape index (κ1) is 18.7. The number of fused-ring (bicyclic) bond motifs is 1. The van der Waals surface area contributed by atoms with Crippen molar-refractivity contribution in [1.29, 1.82) is 0 Å². The second-order valence-electron chi connectivity index (χ2n) is 6.80. The highest BCUT2D eigenvalue weighted by atomic mass is 19.1. The van der Waals surface area contributed by atoms with Crippen molar-refractivity contribution < 1.29 is 18.7 Å². The molecule has 1 aliphatic rings. The molecule has 148 valence electrons. The maximum absolute atomic E-state index is 12.9. The van der Waals surface area contributed by atoms with Crippen LogP contribution >= 0.6 is 0 Å². The van der Waals surface area contributed by atoms with Gasteiger partial charge in [-0.2, -0.15) is 5.10 Å². The molecule has 0 spiro atoms. The van der Waals surface area contributed by atoms with Crippen LogP contribution in [0.1, 0.15) is 22.5 Å². The van der Waals surface area contributed by atoms with E-state index in [9.17, 15) is 9.18 Å². The Kier molecular flexibility index (Phi) is 5.03. The van der Waals surface area contributed by atoms with Crippen molar-refractivity contribution in [3.8, 4) is 17.2 Å². The van der Waals surface area contributed by atoms with Crippen LogP contribution in [0.25, 0.3) is 5.69 Å². The van der Waals surface area contributed by atoms with Crippen molar-refractivity contribution in [2.24, 2.45) is 5.10 Å². The molecular formula is C22H20FN3O3. The van der Waals surface area contributed by atoms with Crippen LogP contribution in [-0.2, 0) is 11.2 Å². The Morgan fingerprint density at radius 1 is 1.14 bits per heavy atom. The predicted molar refractivity (Wildman–Crippen MR) is 107 cm³/mol. The topological polar surface area (TPSA) is 64.9 Å². The number of hydrogen-bond acceptors (Lipinski definition) is 4. The Labute approximate surface area is 167 Å². The summed E-state index contributed by atoms with van der Waals surface area (Å²) < 4.78 is 25.9. The van der Waals surface area contributed by atoms with Crippen molar-refractivity contribution in [2.75, 3.05) is 6.79 Å². The van der Waals surface area contributed by atoms with Gasteiger partial charge in [0, 0.05) is 28.7 Å². The van der Waals surface area contributed by atoms with E-state index in [1.165, 1.54) is 12.1 Å². The molecule has 0 atom stereocenters. The van der Waals surface area contributed by atoms with E-state index in [1.807, 2.05) is 38.1 Å². The highest BCUT2D eigenvalue weighted by molar-refractivity contribution is 5.84. The second-order valence-corrected chi connectivity index (χ2v) is 6.80. The van der Waals surface area contributed by atoms with Crippen LogP contribution in [0.3, 0.4) is 0 Å². The minimum Gasteiger partial charge on any atom is -0.454 e. The van der Waals surface area contributed by atoms with Gasteiger partial charge in [0.15, 0.2) is 11.5 Å². The van der Waals surface area contributed by atoms with Crippen molar-refractivity contribution >= 4 is 12.1 Å². The fraction of sp³-hybridized carbons (Fsp3) is 0.182. The number of hydrazone groups is 1. The maximum atomic E-state index is 12.9. The summed E-state index contributed by atoms with van der Waals surface area (Å²) in [6, 6.07) is 13.6. The number of rotatable bonds is 5. The maximum Gasteiger partial charge on any atom is 0.244 e. The molecule has 0 fully saturated rings. The molecule has 4 rings (SSSR count). The van der Waals surface area contributed by atoms with Crippen molar-refractivity contribution in [3.63, 3.8) is 0 Å². The lowest BCUT2D eigenvalue weighted by atomic mass is 10.1. The van der Waals surface area contributed by atoms with E-state index in [1.54, 1.807) is 18.3 Å². The fourth-order valence-electron chi connectivity index (χ4n) is 3.34. The molecule has 2 heterocycles. The zero-order valence-electron chi connectivity index (χ0n) is 16.1. The van der Waals surface area contributed by atoms with E-state index >= 15 is 0 Å². The van der Waals surface area contributed by atoms with E-state index in [4.69, 9.17) is 9.47 Å². The Morgan fingerprint density at radius 2 is 1.90 bits per heavy atom. The summed E-state index contributed by atoms with van der Waals surface area (Å²) >= 11 is 0. The number of carbonyl (C=O) groups excluding carboxylic acids is 1. The summed E-state index contributed by atoms with van der Waals surface area (Å²) in [4.78, 5) is 12.0. The smallest absolute Gasteiger partial charge is 0.244 e. The molecule has 1 aliphatic heterocycles. The van der Waals surface area contributed by atoms with E-state index in [0.29, 0.717) is 0 Å². The molecular weight excluding hydrogens is 373 g/mol. The van der Waals surface area contributed by atoms with Crippen molar-refractivity contribution in [1.82, 2.24) is 9.99 Å². The Morgan fingerprint density at radius 3 is 2.69 bits per heavy atom. The zero-order valence-corrected chi connectivity index (χ0v) is 16.1. The molecule has 1 amide bonds. The predicted octanol–water partition coefficient (Wildman–Crippen LogP) is 3.65. The third-order valence-electron chi connectivity index (χ3n) is 4.76. The van der Waals surface area contributed by atoms with Gasteiger partial charge in [0.2, 0.25) is 12.7 Å². The van der Waals surface area contributed by atoms with Crippen LogP contribution in [0.5, 0.6) is 11.5 Å². The number of ether oxygens (including phenoxy) is 2. The fourth-order valence-corrected chi connectivity index (χ4v) is 3.34. The van der Waals surface area contributed by atoms with Crippen LogP contribution in [-0.4, -0.2) is 23.5 Å². The lowest BCUT2D eigenvalue weighted by Gasteiger charge is -2.10. The first-order chi connectivity index (χ1) is 14.0. The molecule has 0 unspecified atom stereocenters. The minimum atomic E-state index is -0.329. The number of aromatic nitrogens is 1. The van der Waals surface area contributed by atoms with Crippen molar-refractivity contribution in [2.45, 2.75) is 20.3 Å². The molecule has 1 aromatic heterocycles. The van der Waals surface area contributed by atoms with Crippen LogP contribution in [0.2, 0.25) is 0 Å². The number of nitrogens with one attached hydrogen (secondary N) is 1. The molecule has 29 heavy (non-hydrogen) atoms. The van der Waals surface area contributed by atoms with E-state index in [-0.39, 0.29) is 24.9 Å². The summed E-state index contributed by atoms with van der Waals surface area (Å²) in [6.45, 7) is 4.22. The summed E-state index contributed by atoms with van der Waals surface area (Å²) in [5.74, 6) is 0.863. The number of aryl methyl sites for hydroxylation is 1. The van der Waals surface area contributed by atoms with Crippen LogP contribution in [0.4, 0.5) is 4.39 Å². The first-order valence-electron chi connectivity index (χ1n) is 9.16. The van der Waals surface area contributed by atoms with Gasteiger partial charge >= 0.3 is 0 Å². The largest absolute Gasteiger partial charge is 0.454 e. The number of amides is 1. The van der Waals surface area contributed by atoms with Gasteiger partial charge in [-0.25, -0.2) is 9.82 Å². The highest BCUT2D eigenvalue weighted by Crippen LogP contribution is 2.34. The van der Waals surface area contributed by atoms with Crippen LogP contribution in [0.15, 0.2) is 53.6 Å². The third kappa shape index (κ3) is 3.99. The molecule has 6 nitrogen and oxygen atoms in total. The second kappa shape index (κ2) is 7.79. The zero-order chi connectivity index (χ0) is 20.4. The average Bonchev–Trinajstić information content (AvgIpc) is 3.27. The standard InChI is InChI=1S/C22H20FN3O3/c1-14-9-17(12-24-25-22(27)10-16-3-5-18(23)6-4-16)15(2)26(14)19-7-8-20-21(11-19)29-13-28-20/h3-9,11-12H,10,13H2,1-2H3,(H,25,27)/b24-12+. The van der Waals surface area contributed by atoms with Gasteiger partial charge in [0.1, 0.15) is 5.82 Å². The SMILES string of the molecule is Cc1cc(/C=N/NC(=O)Cc2ccc(F)cc2)c(C)n1-c1ccc2c(c1)OCO2. The molecule has 0 radical (unpaired) electrons. The van der Waals surface area contributed by atoms with Gasteiger partial charge < -0.3 is 14.0 Å².